The van der Waals surface area contributed by atoms with Gasteiger partial charge in [0, 0.05) is 0 Å². The summed E-state index contributed by atoms with van der Waals surface area (Å²) >= 11 is 3.51. The third-order valence-corrected chi connectivity index (χ3v) is 0. The normalized spacial score (nSPS) is 10.0. The zero-order valence-corrected chi connectivity index (χ0v) is 8.43. The van der Waals surface area contributed by atoms with Crippen LogP contribution >= 0.6 is 15.3 Å². The van der Waals surface area contributed by atoms with Crippen LogP contribution in [-0.4, -0.2) is 6.69 Å². The minimum atomic E-state index is -0.799. The SMILES string of the molecule is C[Si](C)(C)Br.[Br-]. The van der Waals surface area contributed by atoms with Crippen LogP contribution < -0.4 is 17.0 Å². The molecule has 0 atom stereocenters. The van der Waals surface area contributed by atoms with Gasteiger partial charge in [0.1, 0.15) is 6.69 Å². The lowest BCUT2D eigenvalue weighted by atomic mass is 11.8. The van der Waals surface area contributed by atoms with Crippen LogP contribution in [0.15, 0.2) is 0 Å². The number of rotatable bonds is 0. The molecule has 0 saturated heterocycles. The summed E-state index contributed by atoms with van der Waals surface area (Å²) in [5.74, 6) is 0. The smallest absolute Gasteiger partial charge is 0.121 e. The van der Waals surface area contributed by atoms with Crippen molar-refractivity contribution in [1.82, 2.24) is 0 Å². The maximum atomic E-state index is 3.51. The molecule has 0 radical (unpaired) electrons. The molecule has 0 aromatic rings. The first-order valence-corrected chi connectivity index (χ1v) is 7.45. The van der Waals surface area contributed by atoms with Gasteiger partial charge < -0.3 is 17.0 Å². The summed E-state index contributed by atoms with van der Waals surface area (Å²) in [4.78, 5) is 0. The van der Waals surface area contributed by atoms with E-state index in [1.165, 1.54) is 0 Å². The first-order chi connectivity index (χ1) is 2.00. The van der Waals surface area contributed by atoms with Crippen LogP contribution in [-0.2, 0) is 0 Å². The van der Waals surface area contributed by atoms with Crippen molar-refractivity contribution in [2.75, 3.05) is 0 Å². The lowest BCUT2D eigenvalue weighted by Gasteiger charge is -1.98. The van der Waals surface area contributed by atoms with Crippen molar-refractivity contribution < 1.29 is 17.0 Å². The Kier molecular flexibility index (Phi) is 5.47. The fourth-order valence-corrected chi connectivity index (χ4v) is 0. The third-order valence-electron chi connectivity index (χ3n) is 0. The standard InChI is InChI=1S/C3H9BrSi.BrH/c1-5(2,3)4;/h1-3H3;1H/p-1. The quantitative estimate of drug-likeness (QED) is 0.380. The van der Waals surface area contributed by atoms with Gasteiger partial charge in [0.05, 0.1) is 0 Å². The Bertz CT molecular complexity index is 24.3. The predicted octanol–water partition coefficient (Wildman–Crippen LogP) is -0.780. The fourth-order valence-electron chi connectivity index (χ4n) is 0. The predicted molar refractivity (Wildman–Crippen MR) is 32.3 cm³/mol. The van der Waals surface area contributed by atoms with E-state index in [-0.39, 0.29) is 17.0 Å². The molecule has 0 heterocycles. The van der Waals surface area contributed by atoms with Gasteiger partial charge in [-0.2, -0.15) is 0 Å². The average molecular weight is 233 g/mol. The van der Waals surface area contributed by atoms with Gasteiger partial charge in [-0.3, -0.25) is 0 Å². The lowest BCUT2D eigenvalue weighted by Crippen LogP contribution is -3.00. The van der Waals surface area contributed by atoms with Gasteiger partial charge in [0.25, 0.3) is 0 Å². The topological polar surface area (TPSA) is 0 Å². The molecule has 0 aliphatic heterocycles. The van der Waals surface area contributed by atoms with Crippen LogP contribution in [0.3, 0.4) is 0 Å². The summed E-state index contributed by atoms with van der Waals surface area (Å²) in [5.41, 5.74) is 0. The molecule has 0 aromatic heterocycles. The summed E-state index contributed by atoms with van der Waals surface area (Å²) in [6, 6.07) is 0. The van der Waals surface area contributed by atoms with Gasteiger partial charge in [0.15, 0.2) is 0 Å². The average Bonchev–Trinajstić information content (AvgIpc) is 0.722. The maximum absolute atomic E-state index is 3.51. The molecule has 0 fully saturated rings. The van der Waals surface area contributed by atoms with E-state index in [9.17, 15) is 0 Å². The van der Waals surface area contributed by atoms with E-state index in [1.807, 2.05) is 0 Å². The Labute approximate surface area is 58.7 Å². The van der Waals surface area contributed by atoms with Crippen molar-refractivity contribution in [2.45, 2.75) is 19.6 Å². The first kappa shape index (κ1) is 10.2. The molecule has 0 N–H and O–H groups in total. The van der Waals surface area contributed by atoms with Crippen LogP contribution in [0, 0.1) is 0 Å². The minimum absolute atomic E-state index is 0. The number of hydrogen-bond donors (Lipinski definition) is 0. The van der Waals surface area contributed by atoms with E-state index < -0.39 is 6.69 Å². The van der Waals surface area contributed by atoms with Crippen LogP contribution in [0.25, 0.3) is 0 Å². The molecular weight excluding hydrogens is 224 g/mol. The highest BCUT2D eigenvalue weighted by Gasteiger charge is 2.03. The molecule has 0 aliphatic rings. The highest BCUT2D eigenvalue weighted by molar-refractivity contribution is 9.26. The molecule has 0 amide bonds. The van der Waals surface area contributed by atoms with Crippen LogP contribution in [0.1, 0.15) is 0 Å². The van der Waals surface area contributed by atoms with Crippen LogP contribution in [0.5, 0.6) is 0 Å². The number of halogens is 2. The molecular formula is C3H9Br2Si-. The van der Waals surface area contributed by atoms with Crippen LogP contribution in [0.2, 0.25) is 19.6 Å². The van der Waals surface area contributed by atoms with Gasteiger partial charge in [-0.05, 0) is 0 Å². The van der Waals surface area contributed by atoms with Crippen molar-refractivity contribution in [3.05, 3.63) is 0 Å². The molecule has 0 aliphatic carbocycles. The molecule has 0 saturated carbocycles. The Morgan fingerprint density at radius 3 is 1.17 bits per heavy atom. The highest BCUT2D eigenvalue weighted by Crippen LogP contribution is 2.07. The molecule has 0 unspecified atom stereocenters. The van der Waals surface area contributed by atoms with Crippen molar-refractivity contribution in [3.8, 4) is 0 Å². The Morgan fingerprint density at radius 2 is 1.17 bits per heavy atom. The van der Waals surface area contributed by atoms with Crippen molar-refractivity contribution in [1.29, 1.82) is 0 Å². The molecule has 0 rings (SSSR count). The van der Waals surface area contributed by atoms with Crippen molar-refractivity contribution >= 4 is 22.0 Å². The summed E-state index contributed by atoms with van der Waals surface area (Å²) < 4.78 is 0. The summed E-state index contributed by atoms with van der Waals surface area (Å²) in [6.45, 7) is 5.93. The van der Waals surface area contributed by atoms with Gasteiger partial charge in [0.2, 0.25) is 0 Å². The molecule has 40 valence electrons. The van der Waals surface area contributed by atoms with E-state index in [2.05, 4.69) is 34.9 Å². The van der Waals surface area contributed by atoms with E-state index in [4.69, 9.17) is 0 Å². The second-order valence-corrected chi connectivity index (χ2v) is 13.3. The lowest BCUT2D eigenvalue weighted by molar-refractivity contribution is -0.00000124. The van der Waals surface area contributed by atoms with Gasteiger partial charge in [-0.15, -0.1) is 15.3 Å². The fraction of sp³-hybridized carbons (Fsp3) is 1.00. The molecule has 0 spiro atoms. The zero-order valence-electron chi connectivity index (χ0n) is 4.26. The highest BCUT2D eigenvalue weighted by atomic mass is 79.9. The van der Waals surface area contributed by atoms with Crippen molar-refractivity contribution in [3.63, 3.8) is 0 Å². The Balaban J connectivity index is 0. The summed E-state index contributed by atoms with van der Waals surface area (Å²) in [5, 5.41) is 0. The van der Waals surface area contributed by atoms with Crippen LogP contribution in [0.4, 0.5) is 0 Å². The monoisotopic (exact) mass is 231 g/mol. The second kappa shape index (κ2) is 3.21. The third kappa shape index (κ3) is 65.2. The summed E-state index contributed by atoms with van der Waals surface area (Å²) in [6.07, 6.45) is 0. The van der Waals surface area contributed by atoms with Crippen molar-refractivity contribution in [2.24, 2.45) is 0 Å². The van der Waals surface area contributed by atoms with Gasteiger partial charge in [-0.25, -0.2) is 0 Å². The van der Waals surface area contributed by atoms with E-state index >= 15 is 0 Å². The van der Waals surface area contributed by atoms with Gasteiger partial charge in [-0.1, -0.05) is 19.6 Å². The summed E-state index contributed by atoms with van der Waals surface area (Å²) in [7, 11) is 0. The molecule has 0 aromatic carbocycles. The molecule has 6 heavy (non-hydrogen) atoms. The minimum Gasteiger partial charge on any atom is -1.00 e. The zero-order chi connectivity index (χ0) is 4.50. The second-order valence-electron chi connectivity index (χ2n) is 2.07. The largest absolute Gasteiger partial charge is 1.00 e. The van der Waals surface area contributed by atoms with E-state index in [0.717, 1.165) is 0 Å². The maximum Gasteiger partial charge on any atom is 0.121 e. The Hall–Kier alpha value is 1.18. The Morgan fingerprint density at radius 1 is 1.17 bits per heavy atom. The van der Waals surface area contributed by atoms with Gasteiger partial charge >= 0.3 is 0 Å². The molecule has 3 heteroatoms. The van der Waals surface area contributed by atoms with E-state index in [1.54, 1.807) is 0 Å². The van der Waals surface area contributed by atoms with E-state index in [0.29, 0.717) is 0 Å². The number of hydrogen-bond acceptors (Lipinski definition) is 0. The molecule has 0 nitrogen and oxygen atoms in total. The molecule has 0 bridgehead atoms. The first-order valence-electron chi connectivity index (χ1n) is 1.69.